The van der Waals surface area contributed by atoms with Crippen molar-refractivity contribution in [1.82, 2.24) is 10.2 Å². The number of H-pyrrole nitrogens is 1. The van der Waals surface area contributed by atoms with Crippen LogP contribution in [0.1, 0.15) is 17.7 Å². The van der Waals surface area contributed by atoms with Crippen molar-refractivity contribution in [2.24, 2.45) is 10.7 Å². The van der Waals surface area contributed by atoms with Gasteiger partial charge in [-0.3, -0.25) is 10.1 Å². The van der Waals surface area contributed by atoms with E-state index in [-0.39, 0.29) is 35.8 Å². The predicted molar refractivity (Wildman–Crippen MR) is 111 cm³/mol. The van der Waals surface area contributed by atoms with Gasteiger partial charge >= 0.3 is 0 Å². The third-order valence-corrected chi connectivity index (χ3v) is 3.50. The van der Waals surface area contributed by atoms with Crippen LogP contribution < -0.4 is 26.3 Å². The van der Waals surface area contributed by atoms with E-state index >= 15 is 0 Å². The molecule has 0 aliphatic rings. The van der Waals surface area contributed by atoms with Gasteiger partial charge in [-0.15, -0.1) is 24.0 Å². The van der Waals surface area contributed by atoms with Gasteiger partial charge in [-0.05, 0) is 25.0 Å². The Bertz CT molecular complexity index is 798. The molecular formula is C16H22IN7O2. The largest absolute Gasteiger partial charge is 0.493 e. The fraction of sp³-hybridized carbons (Fsp3) is 0.312. The van der Waals surface area contributed by atoms with E-state index in [9.17, 15) is 0 Å². The Labute approximate surface area is 168 Å². The van der Waals surface area contributed by atoms with E-state index in [4.69, 9.17) is 26.2 Å². The van der Waals surface area contributed by atoms with Crippen molar-refractivity contribution >= 4 is 41.4 Å². The zero-order chi connectivity index (χ0) is 18.2. The number of anilines is 2. The Balaban J connectivity index is 0.00000338. The van der Waals surface area contributed by atoms with Crippen molar-refractivity contribution in [3.63, 3.8) is 0 Å². The Morgan fingerprint density at radius 2 is 2.08 bits per heavy atom. The third kappa shape index (κ3) is 5.41. The summed E-state index contributed by atoms with van der Waals surface area (Å²) in [7, 11) is 3.14. The molecule has 0 amide bonds. The quantitative estimate of drug-likeness (QED) is 0.209. The Morgan fingerprint density at radius 3 is 2.73 bits per heavy atom. The van der Waals surface area contributed by atoms with E-state index in [0.29, 0.717) is 42.1 Å². The fourth-order valence-corrected chi connectivity index (χ4v) is 2.26. The maximum absolute atomic E-state index is 9.01. The molecule has 1 aromatic carbocycles. The molecule has 2 rings (SSSR count). The number of aromatic amines is 1. The molecule has 10 heteroatoms. The highest BCUT2D eigenvalue weighted by atomic mass is 127. The van der Waals surface area contributed by atoms with Crippen LogP contribution in [0, 0.1) is 11.3 Å². The van der Waals surface area contributed by atoms with Crippen LogP contribution in [0.3, 0.4) is 0 Å². The van der Waals surface area contributed by atoms with Gasteiger partial charge in [-0.1, -0.05) is 0 Å². The van der Waals surface area contributed by atoms with Crippen molar-refractivity contribution in [2.45, 2.75) is 12.8 Å². The second kappa shape index (κ2) is 10.3. The van der Waals surface area contributed by atoms with E-state index in [1.54, 1.807) is 26.4 Å². The van der Waals surface area contributed by atoms with Gasteiger partial charge in [0.1, 0.15) is 11.6 Å². The first kappa shape index (κ1) is 21.4. The average Bonchev–Trinajstić information content (AvgIpc) is 2.98. The number of benzene rings is 1. The number of nitrogens with two attached hydrogens (primary N) is 2. The van der Waals surface area contributed by atoms with Gasteiger partial charge in [-0.25, -0.2) is 0 Å². The molecule has 0 fully saturated rings. The maximum atomic E-state index is 9.01. The fourth-order valence-electron chi connectivity index (χ4n) is 2.26. The van der Waals surface area contributed by atoms with Crippen molar-refractivity contribution in [2.75, 3.05) is 31.8 Å². The molecule has 0 saturated heterocycles. The van der Waals surface area contributed by atoms with E-state index < -0.39 is 0 Å². The predicted octanol–water partition coefficient (Wildman–Crippen LogP) is 1.86. The zero-order valence-corrected chi connectivity index (χ0v) is 16.9. The minimum atomic E-state index is 0. The van der Waals surface area contributed by atoms with Gasteiger partial charge in [0.05, 0.1) is 19.9 Å². The maximum Gasteiger partial charge on any atom is 0.193 e. The summed E-state index contributed by atoms with van der Waals surface area (Å²) in [5.74, 6) is 1.74. The molecule has 0 aliphatic carbocycles. The summed E-state index contributed by atoms with van der Waals surface area (Å²) < 4.78 is 10.4. The first-order valence-electron chi connectivity index (χ1n) is 7.60. The van der Waals surface area contributed by atoms with Crippen LogP contribution in [0.4, 0.5) is 11.5 Å². The second-order valence-electron chi connectivity index (χ2n) is 5.14. The molecular weight excluding hydrogens is 449 g/mol. The standard InChI is InChI=1S/C16H21N7O2.HI/c1-24-13-6-5-10(8-14(13)25-2)21-16(19)20-7-3-4-12-11(9-17)15(18)23-22-12;/h5-6,8H,3-4,7H2,1-2H3,(H3,18,22,23)(H3,19,20,21);1H. The van der Waals surface area contributed by atoms with Crippen LogP contribution in [-0.4, -0.2) is 36.9 Å². The molecule has 6 N–H and O–H groups in total. The molecule has 0 bridgehead atoms. The summed E-state index contributed by atoms with van der Waals surface area (Å²) in [6.07, 6.45) is 1.31. The monoisotopic (exact) mass is 471 g/mol. The van der Waals surface area contributed by atoms with Crippen LogP contribution in [0.25, 0.3) is 0 Å². The van der Waals surface area contributed by atoms with Crippen LogP contribution >= 0.6 is 24.0 Å². The minimum Gasteiger partial charge on any atom is -0.493 e. The normalized spacial score (nSPS) is 10.6. The number of halogens is 1. The van der Waals surface area contributed by atoms with Crippen molar-refractivity contribution < 1.29 is 9.47 Å². The number of nitriles is 1. The lowest BCUT2D eigenvalue weighted by Crippen LogP contribution is -2.23. The molecule has 9 nitrogen and oxygen atoms in total. The molecule has 1 heterocycles. The van der Waals surface area contributed by atoms with E-state index in [2.05, 4.69) is 20.5 Å². The summed E-state index contributed by atoms with van der Waals surface area (Å²) in [4.78, 5) is 4.26. The highest BCUT2D eigenvalue weighted by Crippen LogP contribution is 2.29. The Morgan fingerprint density at radius 1 is 1.35 bits per heavy atom. The number of methoxy groups -OCH3 is 2. The van der Waals surface area contributed by atoms with E-state index in [0.717, 1.165) is 5.69 Å². The molecule has 0 saturated carbocycles. The summed E-state index contributed by atoms with van der Waals surface area (Å²) in [6.45, 7) is 0.496. The number of hydrogen-bond acceptors (Lipinski definition) is 6. The number of nitrogen functional groups attached to an aromatic ring is 1. The number of nitrogens with one attached hydrogen (secondary N) is 2. The van der Waals surface area contributed by atoms with Gasteiger partial charge in [0.15, 0.2) is 23.3 Å². The Hall–Kier alpha value is -2.68. The smallest absolute Gasteiger partial charge is 0.193 e. The molecule has 0 aliphatic heterocycles. The molecule has 0 spiro atoms. The van der Waals surface area contributed by atoms with Crippen molar-refractivity contribution in [1.29, 1.82) is 5.26 Å². The molecule has 0 unspecified atom stereocenters. The highest BCUT2D eigenvalue weighted by Gasteiger charge is 2.09. The van der Waals surface area contributed by atoms with Gasteiger partial charge in [-0.2, -0.15) is 10.4 Å². The van der Waals surface area contributed by atoms with Gasteiger partial charge in [0.25, 0.3) is 0 Å². The zero-order valence-electron chi connectivity index (χ0n) is 14.6. The van der Waals surface area contributed by atoms with Gasteiger partial charge < -0.3 is 26.3 Å². The summed E-state index contributed by atoms with van der Waals surface area (Å²) in [5.41, 5.74) is 13.3. The minimum absolute atomic E-state index is 0. The number of ether oxygens (including phenoxy) is 2. The van der Waals surface area contributed by atoms with E-state index in [1.165, 1.54) is 0 Å². The first-order chi connectivity index (χ1) is 12.1. The average molecular weight is 471 g/mol. The molecule has 140 valence electrons. The van der Waals surface area contributed by atoms with Gasteiger partial charge in [0.2, 0.25) is 0 Å². The highest BCUT2D eigenvalue weighted by molar-refractivity contribution is 14.0. The topological polar surface area (TPSA) is 147 Å². The number of guanidine groups is 1. The second-order valence-corrected chi connectivity index (χ2v) is 5.14. The number of aromatic nitrogens is 2. The number of aliphatic imine (C=N–C) groups is 1. The van der Waals surface area contributed by atoms with Gasteiger partial charge in [0, 0.05) is 18.3 Å². The van der Waals surface area contributed by atoms with Crippen molar-refractivity contribution in [3.8, 4) is 17.6 Å². The first-order valence-corrected chi connectivity index (χ1v) is 7.60. The molecule has 0 atom stereocenters. The summed E-state index contributed by atoms with van der Waals surface area (Å²) in [6, 6.07) is 7.40. The molecule has 0 radical (unpaired) electrons. The summed E-state index contributed by atoms with van der Waals surface area (Å²) in [5, 5.41) is 18.6. The SMILES string of the molecule is COc1ccc(NC(N)=NCCCc2[nH]nc(N)c2C#N)cc1OC.I. The third-order valence-electron chi connectivity index (χ3n) is 3.50. The molecule has 2 aromatic rings. The van der Waals surface area contributed by atoms with Crippen LogP contribution in [0.15, 0.2) is 23.2 Å². The van der Waals surface area contributed by atoms with Crippen molar-refractivity contribution in [3.05, 3.63) is 29.5 Å². The van der Waals surface area contributed by atoms with E-state index in [1.807, 2.05) is 12.1 Å². The lowest BCUT2D eigenvalue weighted by molar-refractivity contribution is 0.355. The summed E-state index contributed by atoms with van der Waals surface area (Å²) >= 11 is 0. The Kier molecular flexibility index (Phi) is 8.50. The molecule has 26 heavy (non-hydrogen) atoms. The number of hydrogen-bond donors (Lipinski definition) is 4. The molecule has 1 aromatic heterocycles. The van der Waals surface area contributed by atoms with Crippen LogP contribution in [0.5, 0.6) is 11.5 Å². The van der Waals surface area contributed by atoms with Crippen LogP contribution in [-0.2, 0) is 6.42 Å². The number of aryl methyl sites for hydroxylation is 1. The number of rotatable bonds is 7. The lowest BCUT2D eigenvalue weighted by atomic mass is 10.1. The lowest BCUT2D eigenvalue weighted by Gasteiger charge is -2.10. The number of nitrogens with zero attached hydrogens (tertiary/aromatic N) is 3. The van der Waals surface area contributed by atoms with Crippen LogP contribution in [0.2, 0.25) is 0 Å².